The molecule has 0 amide bonds. The van der Waals surface area contributed by atoms with Gasteiger partial charge in [-0.3, -0.25) is 0 Å². The highest BCUT2D eigenvalue weighted by atomic mass is 32.2. The average Bonchev–Trinajstić information content (AvgIpc) is 3.17. The van der Waals surface area contributed by atoms with Gasteiger partial charge < -0.3 is 14.7 Å². The van der Waals surface area contributed by atoms with Gasteiger partial charge in [-0.25, -0.2) is 0 Å². The molecular formula is C44H31N3S2. The second kappa shape index (κ2) is 12.4. The summed E-state index contributed by atoms with van der Waals surface area (Å²) in [6.45, 7) is 3.97. The molecule has 0 spiro atoms. The van der Waals surface area contributed by atoms with E-state index in [1.807, 2.05) is 29.6 Å². The zero-order chi connectivity index (χ0) is 32.7. The third-order valence-electron chi connectivity index (χ3n) is 8.98. The highest BCUT2D eigenvalue weighted by Gasteiger charge is 2.26. The van der Waals surface area contributed by atoms with Crippen LogP contribution < -0.4 is 14.7 Å². The molecule has 0 aliphatic carbocycles. The summed E-state index contributed by atoms with van der Waals surface area (Å²) in [5.41, 5.74) is 11.4. The van der Waals surface area contributed by atoms with E-state index in [0.29, 0.717) is 0 Å². The molecule has 7 aromatic carbocycles. The van der Waals surface area contributed by atoms with E-state index in [1.165, 1.54) is 42.3 Å². The monoisotopic (exact) mass is 665 g/mol. The van der Waals surface area contributed by atoms with Gasteiger partial charge in [-0.1, -0.05) is 96.8 Å². The van der Waals surface area contributed by atoms with E-state index in [0.717, 1.165) is 34.0 Å². The van der Waals surface area contributed by atoms with Crippen molar-refractivity contribution < 1.29 is 0 Å². The van der Waals surface area contributed by atoms with Crippen molar-refractivity contribution in [2.45, 2.75) is 19.6 Å². The average molecular weight is 666 g/mol. The first-order valence-corrected chi connectivity index (χ1v) is 17.9. The molecular weight excluding hydrogens is 635 g/mol. The minimum absolute atomic E-state index is 1.08. The summed E-state index contributed by atoms with van der Waals surface area (Å²) in [5.74, 6) is 0. The Bertz CT molecular complexity index is 2080. The van der Waals surface area contributed by atoms with Gasteiger partial charge in [-0.2, -0.15) is 0 Å². The molecule has 2 aliphatic rings. The van der Waals surface area contributed by atoms with Crippen molar-refractivity contribution in [3.05, 3.63) is 182 Å². The lowest BCUT2D eigenvalue weighted by Gasteiger charge is -2.34. The van der Waals surface area contributed by atoms with E-state index >= 15 is 0 Å². The van der Waals surface area contributed by atoms with Crippen LogP contribution in [-0.4, -0.2) is 0 Å². The van der Waals surface area contributed by atoms with E-state index in [2.05, 4.69) is 191 Å². The first-order chi connectivity index (χ1) is 24.2. The van der Waals surface area contributed by atoms with Crippen LogP contribution in [0.2, 0.25) is 0 Å². The standard InChI is InChI=1S/C44H31N3S2/c1-2-31-19-21-32(22-20-31)45(33-23-27-35(28-24-33)46-37-11-3-7-15-41(37)48-42-16-8-4-12-38(42)46)34-25-29-36(30-26-34)47-39-13-5-9-17-43(39)49-44-18-10-6-14-40(44)47/h2-30H,1H2. The molecule has 0 N–H and O–H groups in total. The van der Waals surface area contributed by atoms with Crippen LogP contribution in [0.3, 0.4) is 0 Å². The van der Waals surface area contributed by atoms with Crippen LogP contribution in [0.1, 0.15) is 5.56 Å². The molecule has 234 valence electrons. The molecule has 0 saturated heterocycles. The van der Waals surface area contributed by atoms with Gasteiger partial charge in [0.1, 0.15) is 0 Å². The van der Waals surface area contributed by atoms with Gasteiger partial charge in [0, 0.05) is 48.0 Å². The number of fused-ring (bicyclic) bond motifs is 4. The number of anilines is 9. The number of hydrogen-bond donors (Lipinski definition) is 0. The van der Waals surface area contributed by atoms with E-state index in [-0.39, 0.29) is 0 Å². The van der Waals surface area contributed by atoms with Crippen molar-refractivity contribution in [3.8, 4) is 0 Å². The zero-order valence-corrected chi connectivity index (χ0v) is 28.2. The maximum absolute atomic E-state index is 3.97. The third-order valence-corrected chi connectivity index (χ3v) is 11.2. The molecule has 0 unspecified atom stereocenters. The maximum Gasteiger partial charge on any atom is 0.0601 e. The van der Waals surface area contributed by atoms with Crippen molar-refractivity contribution in [3.63, 3.8) is 0 Å². The minimum Gasteiger partial charge on any atom is -0.311 e. The fourth-order valence-corrected chi connectivity index (χ4v) is 8.79. The molecule has 2 aliphatic heterocycles. The Morgan fingerprint density at radius 3 is 1.02 bits per heavy atom. The molecule has 7 aromatic rings. The zero-order valence-electron chi connectivity index (χ0n) is 26.6. The van der Waals surface area contributed by atoms with Gasteiger partial charge in [0.2, 0.25) is 0 Å². The summed E-state index contributed by atoms with van der Waals surface area (Å²) in [6.07, 6.45) is 1.89. The number of para-hydroxylation sites is 4. The molecule has 9 rings (SSSR count). The van der Waals surface area contributed by atoms with E-state index < -0.39 is 0 Å². The fraction of sp³-hybridized carbons (Fsp3) is 0. The molecule has 5 heteroatoms. The summed E-state index contributed by atoms with van der Waals surface area (Å²) in [6, 6.07) is 61.0. The predicted octanol–water partition coefficient (Wildman–Crippen LogP) is 13.7. The van der Waals surface area contributed by atoms with Gasteiger partial charge in [0.25, 0.3) is 0 Å². The molecule has 2 heterocycles. The summed E-state index contributed by atoms with van der Waals surface area (Å²) in [7, 11) is 0. The highest BCUT2D eigenvalue weighted by Crippen LogP contribution is 2.53. The van der Waals surface area contributed by atoms with Crippen LogP contribution in [0.25, 0.3) is 6.08 Å². The summed E-state index contributed by atoms with van der Waals surface area (Å²) in [5, 5.41) is 0. The molecule has 3 nitrogen and oxygen atoms in total. The number of rotatable bonds is 6. The van der Waals surface area contributed by atoms with Crippen molar-refractivity contribution >= 4 is 80.8 Å². The number of nitrogens with zero attached hydrogens (tertiary/aromatic N) is 3. The van der Waals surface area contributed by atoms with E-state index in [9.17, 15) is 0 Å². The lowest BCUT2D eigenvalue weighted by atomic mass is 10.1. The minimum atomic E-state index is 1.08. The van der Waals surface area contributed by atoms with Crippen LogP contribution in [0.15, 0.2) is 196 Å². The van der Waals surface area contributed by atoms with Gasteiger partial charge >= 0.3 is 0 Å². The van der Waals surface area contributed by atoms with Gasteiger partial charge in [-0.05, 0) is 115 Å². The SMILES string of the molecule is C=Cc1ccc(N(c2ccc(N3c4ccccc4Sc4ccccc43)cc2)c2ccc(N3c4ccccc4Sc4ccccc43)cc2)cc1. The molecule has 49 heavy (non-hydrogen) atoms. The normalized spacial score (nSPS) is 12.7. The number of hydrogen-bond acceptors (Lipinski definition) is 5. The molecule has 0 aromatic heterocycles. The topological polar surface area (TPSA) is 9.72 Å². The van der Waals surface area contributed by atoms with Crippen LogP contribution in [0.5, 0.6) is 0 Å². The molecule has 0 bridgehead atoms. The molecule has 0 fully saturated rings. The first kappa shape index (κ1) is 29.5. The largest absolute Gasteiger partial charge is 0.311 e. The van der Waals surface area contributed by atoms with Crippen molar-refractivity contribution in [1.29, 1.82) is 0 Å². The van der Waals surface area contributed by atoms with Crippen molar-refractivity contribution in [1.82, 2.24) is 0 Å². The van der Waals surface area contributed by atoms with Crippen LogP contribution in [0.4, 0.5) is 51.2 Å². The highest BCUT2D eigenvalue weighted by molar-refractivity contribution is 8.00. The molecule has 0 saturated carbocycles. The van der Waals surface area contributed by atoms with E-state index in [1.54, 1.807) is 0 Å². The van der Waals surface area contributed by atoms with Gasteiger partial charge in [0.05, 0.1) is 22.7 Å². The Hall–Kier alpha value is -5.62. The summed E-state index contributed by atoms with van der Waals surface area (Å²) >= 11 is 3.66. The molecule has 0 atom stereocenters. The van der Waals surface area contributed by atoms with Crippen molar-refractivity contribution in [2.24, 2.45) is 0 Å². The Morgan fingerprint density at radius 1 is 0.388 bits per heavy atom. The Balaban J connectivity index is 1.11. The summed E-state index contributed by atoms with van der Waals surface area (Å²) in [4.78, 5) is 12.1. The lowest BCUT2D eigenvalue weighted by molar-refractivity contribution is 1.16. The quantitative estimate of drug-likeness (QED) is 0.174. The van der Waals surface area contributed by atoms with Crippen LogP contribution in [0, 0.1) is 0 Å². The Morgan fingerprint density at radius 2 is 0.694 bits per heavy atom. The van der Waals surface area contributed by atoms with Gasteiger partial charge in [0.15, 0.2) is 0 Å². The van der Waals surface area contributed by atoms with Crippen LogP contribution in [-0.2, 0) is 0 Å². The first-order valence-electron chi connectivity index (χ1n) is 16.3. The lowest BCUT2D eigenvalue weighted by Crippen LogP contribution is -2.16. The maximum atomic E-state index is 3.97. The van der Waals surface area contributed by atoms with Gasteiger partial charge in [-0.15, -0.1) is 0 Å². The smallest absolute Gasteiger partial charge is 0.0601 e. The molecule has 0 radical (unpaired) electrons. The fourth-order valence-electron chi connectivity index (χ4n) is 6.67. The van der Waals surface area contributed by atoms with Crippen LogP contribution >= 0.6 is 23.5 Å². The second-order valence-electron chi connectivity index (χ2n) is 11.9. The second-order valence-corrected chi connectivity index (χ2v) is 14.1. The Kier molecular flexibility index (Phi) is 7.49. The Labute approximate surface area is 295 Å². The summed E-state index contributed by atoms with van der Waals surface area (Å²) < 4.78 is 0. The van der Waals surface area contributed by atoms with E-state index in [4.69, 9.17) is 0 Å². The number of benzene rings is 7. The predicted molar refractivity (Wildman–Crippen MR) is 209 cm³/mol. The van der Waals surface area contributed by atoms with Crippen molar-refractivity contribution in [2.75, 3.05) is 14.7 Å². The third kappa shape index (κ3) is 5.28.